The van der Waals surface area contributed by atoms with Gasteiger partial charge in [-0.15, -0.1) is 0 Å². The van der Waals surface area contributed by atoms with Gasteiger partial charge in [-0.1, -0.05) is 30.7 Å². The molecule has 2 aromatic carbocycles. The Hall–Kier alpha value is -3.02. The number of fused-ring (bicyclic) bond motifs is 2. The largest absolute Gasteiger partial charge is 0.487 e. The smallest absolute Gasteiger partial charge is 0.319 e. The molecule has 6 nitrogen and oxygen atoms in total. The summed E-state index contributed by atoms with van der Waals surface area (Å²) in [6.07, 6.45) is 8.27. The molecule has 1 saturated carbocycles. The fraction of sp³-hybridized carbons (Fsp3) is 0.364. The number of anilines is 1. The number of para-hydroxylation sites is 1. The van der Waals surface area contributed by atoms with Crippen molar-refractivity contribution in [3.63, 3.8) is 0 Å². The topological polar surface area (TPSA) is 79.0 Å². The first kappa shape index (κ1) is 17.1. The second-order valence-electron chi connectivity index (χ2n) is 7.88. The number of H-pyrrole nitrogens is 1. The second kappa shape index (κ2) is 6.86. The molecule has 1 aliphatic carbocycles. The SMILES string of the molecule is O=C(Nc1cccc2[nH]ncc12)NC1CC2(CCCCC2)Oc2ccccc21. The minimum Gasteiger partial charge on any atom is -0.487 e. The molecule has 144 valence electrons. The lowest BCUT2D eigenvalue weighted by Gasteiger charge is -2.44. The van der Waals surface area contributed by atoms with E-state index in [9.17, 15) is 4.79 Å². The molecule has 6 heteroatoms. The van der Waals surface area contributed by atoms with Crippen molar-refractivity contribution in [2.75, 3.05) is 5.32 Å². The number of urea groups is 1. The third kappa shape index (κ3) is 3.09. The maximum absolute atomic E-state index is 12.8. The van der Waals surface area contributed by atoms with Crippen LogP contribution >= 0.6 is 0 Å². The number of nitrogens with one attached hydrogen (secondary N) is 3. The van der Waals surface area contributed by atoms with Gasteiger partial charge in [-0.25, -0.2) is 4.79 Å². The zero-order valence-corrected chi connectivity index (χ0v) is 15.7. The number of carbonyl (C=O) groups excluding carboxylic acids is 1. The summed E-state index contributed by atoms with van der Waals surface area (Å²) in [6.45, 7) is 0. The highest BCUT2D eigenvalue weighted by Gasteiger charge is 2.42. The molecule has 3 N–H and O–H groups in total. The number of aromatic amines is 1. The molecule has 5 rings (SSSR count). The highest BCUT2D eigenvalue weighted by Crippen LogP contribution is 2.46. The number of ether oxygens (including phenoxy) is 1. The average molecular weight is 376 g/mol. The van der Waals surface area contributed by atoms with Gasteiger partial charge >= 0.3 is 6.03 Å². The number of hydrogen-bond acceptors (Lipinski definition) is 3. The van der Waals surface area contributed by atoms with E-state index >= 15 is 0 Å². The Labute approximate surface area is 163 Å². The van der Waals surface area contributed by atoms with Crippen LogP contribution in [0.5, 0.6) is 5.75 Å². The molecule has 2 aliphatic rings. The van der Waals surface area contributed by atoms with E-state index in [1.807, 2.05) is 42.5 Å². The zero-order valence-electron chi connectivity index (χ0n) is 15.7. The van der Waals surface area contributed by atoms with Crippen LogP contribution in [-0.4, -0.2) is 21.8 Å². The Morgan fingerprint density at radius 3 is 2.86 bits per heavy atom. The molecular formula is C22H24N4O2. The number of hydrogen-bond donors (Lipinski definition) is 3. The zero-order chi connectivity index (χ0) is 19.0. The fourth-order valence-corrected chi connectivity index (χ4v) is 4.64. The molecule has 2 amide bonds. The number of amides is 2. The second-order valence-corrected chi connectivity index (χ2v) is 7.88. The van der Waals surface area contributed by atoms with E-state index in [1.165, 1.54) is 19.3 Å². The van der Waals surface area contributed by atoms with Gasteiger partial charge in [0, 0.05) is 17.4 Å². The summed E-state index contributed by atoms with van der Waals surface area (Å²) in [6, 6.07) is 13.5. The number of nitrogens with zero attached hydrogens (tertiary/aromatic N) is 1. The summed E-state index contributed by atoms with van der Waals surface area (Å²) >= 11 is 0. The maximum atomic E-state index is 12.8. The highest BCUT2D eigenvalue weighted by atomic mass is 16.5. The summed E-state index contributed by atoms with van der Waals surface area (Å²) < 4.78 is 6.45. The first-order chi connectivity index (χ1) is 13.7. The quantitative estimate of drug-likeness (QED) is 0.594. The third-order valence-corrected chi connectivity index (χ3v) is 6.00. The fourth-order valence-electron chi connectivity index (χ4n) is 4.64. The molecule has 1 aliphatic heterocycles. The summed E-state index contributed by atoms with van der Waals surface area (Å²) in [5.74, 6) is 0.901. The monoisotopic (exact) mass is 376 g/mol. The van der Waals surface area contributed by atoms with Gasteiger partial charge in [0.25, 0.3) is 0 Å². The third-order valence-electron chi connectivity index (χ3n) is 6.00. The highest BCUT2D eigenvalue weighted by molar-refractivity contribution is 6.00. The van der Waals surface area contributed by atoms with Gasteiger partial charge in [0.2, 0.25) is 0 Å². The van der Waals surface area contributed by atoms with Crippen LogP contribution in [0.2, 0.25) is 0 Å². The predicted molar refractivity (Wildman–Crippen MR) is 108 cm³/mol. The van der Waals surface area contributed by atoms with Crippen LogP contribution in [0.4, 0.5) is 10.5 Å². The van der Waals surface area contributed by atoms with Gasteiger partial charge in [0.1, 0.15) is 11.4 Å². The Morgan fingerprint density at radius 1 is 1.11 bits per heavy atom. The average Bonchev–Trinajstić information content (AvgIpc) is 3.18. The van der Waals surface area contributed by atoms with E-state index in [0.717, 1.165) is 47.2 Å². The first-order valence-corrected chi connectivity index (χ1v) is 10.0. The van der Waals surface area contributed by atoms with Crippen molar-refractivity contribution in [3.05, 3.63) is 54.2 Å². The molecule has 28 heavy (non-hydrogen) atoms. The molecule has 2 heterocycles. The summed E-state index contributed by atoms with van der Waals surface area (Å²) in [4.78, 5) is 12.8. The Balaban J connectivity index is 1.38. The van der Waals surface area contributed by atoms with Crippen molar-refractivity contribution in [1.82, 2.24) is 15.5 Å². The lowest BCUT2D eigenvalue weighted by molar-refractivity contribution is -0.000994. The molecule has 0 bridgehead atoms. The molecule has 1 atom stereocenters. The van der Waals surface area contributed by atoms with Crippen LogP contribution in [0, 0.1) is 0 Å². The normalized spacial score (nSPS) is 20.4. The Kier molecular flexibility index (Phi) is 4.19. The van der Waals surface area contributed by atoms with Gasteiger partial charge in [-0.2, -0.15) is 5.10 Å². The van der Waals surface area contributed by atoms with Gasteiger partial charge in [-0.3, -0.25) is 5.10 Å². The van der Waals surface area contributed by atoms with Gasteiger partial charge in [-0.05, 0) is 43.9 Å². The van der Waals surface area contributed by atoms with E-state index < -0.39 is 0 Å². The maximum Gasteiger partial charge on any atom is 0.319 e. The Morgan fingerprint density at radius 2 is 1.96 bits per heavy atom. The molecule has 0 radical (unpaired) electrons. The van der Waals surface area contributed by atoms with Gasteiger partial charge in [0.15, 0.2) is 0 Å². The van der Waals surface area contributed by atoms with Crippen molar-refractivity contribution in [2.45, 2.75) is 50.2 Å². The van der Waals surface area contributed by atoms with Gasteiger partial charge < -0.3 is 15.4 Å². The predicted octanol–water partition coefficient (Wildman–Crippen LogP) is 4.91. The van der Waals surface area contributed by atoms with Crippen molar-refractivity contribution in [1.29, 1.82) is 0 Å². The summed E-state index contributed by atoms with van der Waals surface area (Å²) in [7, 11) is 0. The van der Waals surface area contributed by atoms with Crippen molar-refractivity contribution < 1.29 is 9.53 Å². The minimum absolute atomic E-state index is 0.0633. The number of aromatic nitrogens is 2. The number of carbonyl (C=O) groups is 1. The molecular weight excluding hydrogens is 352 g/mol. The molecule has 1 unspecified atom stereocenters. The molecule has 1 aromatic heterocycles. The van der Waals surface area contributed by atoms with E-state index in [2.05, 4.69) is 20.8 Å². The minimum atomic E-state index is -0.207. The summed E-state index contributed by atoms with van der Waals surface area (Å²) in [5, 5.41) is 14.1. The number of rotatable bonds is 2. The van der Waals surface area contributed by atoms with E-state index in [4.69, 9.17) is 4.74 Å². The van der Waals surface area contributed by atoms with Crippen LogP contribution in [0.1, 0.15) is 50.1 Å². The molecule has 0 saturated heterocycles. The van der Waals surface area contributed by atoms with Crippen LogP contribution in [0.25, 0.3) is 10.9 Å². The molecule has 3 aromatic rings. The van der Waals surface area contributed by atoms with E-state index in [-0.39, 0.29) is 17.7 Å². The van der Waals surface area contributed by atoms with Crippen LogP contribution in [0.15, 0.2) is 48.7 Å². The van der Waals surface area contributed by atoms with E-state index in [0.29, 0.717) is 0 Å². The van der Waals surface area contributed by atoms with Crippen molar-refractivity contribution >= 4 is 22.6 Å². The van der Waals surface area contributed by atoms with Crippen molar-refractivity contribution in [2.24, 2.45) is 0 Å². The first-order valence-electron chi connectivity index (χ1n) is 10.0. The molecule has 1 fully saturated rings. The standard InChI is InChI=1S/C22H24N4O2/c27-21(24-17-8-6-9-18-16(17)14-23-26-18)25-19-13-22(11-4-1-5-12-22)28-20-10-3-2-7-15(19)20/h2-3,6-10,14,19H,1,4-5,11-13H2,(H,23,26)(H2,24,25,27). The molecule has 1 spiro atoms. The number of benzene rings is 2. The summed E-state index contributed by atoms with van der Waals surface area (Å²) in [5.41, 5.74) is 2.54. The van der Waals surface area contributed by atoms with Crippen LogP contribution in [-0.2, 0) is 0 Å². The van der Waals surface area contributed by atoms with Crippen molar-refractivity contribution in [3.8, 4) is 5.75 Å². The lowest BCUT2D eigenvalue weighted by Crippen LogP contribution is -2.47. The lowest BCUT2D eigenvalue weighted by atomic mass is 9.77. The van der Waals surface area contributed by atoms with Gasteiger partial charge in [0.05, 0.1) is 23.4 Å². The van der Waals surface area contributed by atoms with Crippen LogP contribution in [0.3, 0.4) is 0 Å². The van der Waals surface area contributed by atoms with Crippen LogP contribution < -0.4 is 15.4 Å². The van der Waals surface area contributed by atoms with E-state index in [1.54, 1.807) is 6.20 Å². The Bertz CT molecular complexity index is 1010.